The zero-order valence-corrected chi connectivity index (χ0v) is 15.5. The van der Waals surface area contributed by atoms with Crippen molar-refractivity contribution in [1.29, 1.82) is 0 Å². The van der Waals surface area contributed by atoms with Gasteiger partial charge in [0.1, 0.15) is 17.0 Å². The maximum Gasteiger partial charge on any atom is 0.268 e. The molecule has 0 atom stereocenters. The topological polar surface area (TPSA) is 31.2 Å². The van der Waals surface area contributed by atoms with Crippen molar-refractivity contribution < 1.29 is 9.53 Å². The van der Waals surface area contributed by atoms with E-state index in [1.165, 1.54) is 0 Å². The largest absolute Gasteiger partial charge is 0.361 e. The van der Waals surface area contributed by atoms with E-state index in [1.807, 2.05) is 0 Å². The average Bonchev–Trinajstić information content (AvgIpc) is 2.50. The van der Waals surface area contributed by atoms with Crippen molar-refractivity contribution in [1.82, 2.24) is 4.57 Å². The third kappa shape index (κ3) is 4.81. The smallest absolute Gasteiger partial charge is 0.268 e. The summed E-state index contributed by atoms with van der Waals surface area (Å²) in [7, 11) is -1.09. The minimum atomic E-state index is -1.09. The summed E-state index contributed by atoms with van der Waals surface area (Å²) in [4.78, 5) is 11.3. The first-order valence-electron chi connectivity index (χ1n) is 5.54. The molecule has 102 valence electrons. The van der Waals surface area contributed by atoms with Crippen LogP contribution in [0.15, 0.2) is 15.1 Å². The predicted octanol–water partition coefficient (Wildman–Crippen LogP) is 4.70. The molecule has 0 bridgehead atoms. The molecular weight excluding hydrogens is 401 g/mol. The molecule has 1 aromatic rings. The number of nitrogens with zero attached hydrogens (tertiary/aromatic N) is 1. The van der Waals surface area contributed by atoms with Crippen LogP contribution in [0.25, 0.3) is 0 Å². The van der Waals surface area contributed by atoms with E-state index in [4.69, 9.17) is 16.3 Å². The molecule has 0 aliphatic rings. The highest BCUT2D eigenvalue weighted by atomic mass is 79.9. The average molecular weight is 418 g/mol. The number of ether oxygens (including phenoxy) is 1. The molecule has 0 aromatic carbocycles. The van der Waals surface area contributed by atoms with E-state index in [-0.39, 0.29) is 0 Å². The molecule has 0 unspecified atom stereocenters. The molecular formula is C11H16Br2ClNO2Si. The lowest BCUT2D eigenvalue weighted by Gasteiger charge is -2.16. The molecule has 0 saturated carbocycles. The lowest BCUT2D eigenvalue weighted by atomic mass is 10.5. The summed E-state index contributed by atoms with van der Waals surface area (Å²) in [6.07, 6.45) is 0. The first-order chi connectivity index (χ1) is 8.22. The molecule has 1 heterocycles. The minimum absolute atomic E-state index is 0.324. The number of aromatic nitrogens is 1. The molecule has 0 aliphatic carbocycles. The summed E-state index contributed by atoms with van der Waals surface area (Å²) < 4.78 is 8.88. The monoisotopic (exact) mass is 415 g/mol. The van der Waals surface area contributed by atoms with E-state index in [1.54, 1.807) is 10.6 Å². The first kappa shape index (κ1) is 16.4. The van der Waals surface area contributed by atoms with E-state index < -0.39 is 13.3 Å². The lowest BCUT2D eigenvalue weighted by Crippen LogP contribution is -2.22. The van der Waals surface area contributed by atoms with Gasteiger partial charge >= 0.3 is 0 Å². The molecule has 0 aliphatic heterocycles. The van der Waals surface area contributed by atoms with Gasteiger partial charge in [0.05, 0.1) is 4.47 Å². The Balaban J connectivity index is 2.64. The van der Waals surface area contributed by atoms with Gasteiger partial charge in [-0.2, -0.15) is 0 Å². The van der Waals surface area contributed by atoms with Crippen LogP contribution in [0.3, 0.4) is 0 Å². The van der Waals surface area contributed by atoms with Crippen LogP contribution in [-0.4, -0.2) is 24.5 Å². The standard InChI is InChI=1S/C11H16Br2ClNO2Si/c1-18(2,3)5-4-17-7-15-9(11(14)16)6-8(12)10(15)13/h6H,4-5,7H2,1-3H3. The summed E-state index contributed by atoms with van der Waals surface area (Å²) in [5.74, 6) is 0. The van der Waals surface area contributed by atoms with Crippen molar-refractivity contribution in [3.05, 3.63) is 20.8 Å². The third-order valence-corrected chi connectivity index (χ3v) is 6.30. The molecule has 1 rings (SSSR count). The summed E-state index contributed by atoms with van der Waals surface area (Å²) in [6, 6.07) is 2.78. The van der Waals surface area contributed by atoms with Crippen molar-refractivity contribution in [2.45, 2.75) is 32.4 Å². The zero-order valence-electron chi connectivity index (χ0n) is 10.6. The van der Waals surface area contributed by atoms with Crippen LogP contribution in [0, 0.1) is 0 Å². The van der Waals surface area contributed by atoms with Gasteiger partial charge in [-0.3, -0.25) is 4.79 Å². The molecule has 0 N–H and O–H groups in total. The summed E-state index contributed by atoms with van der Waals surface area (Å²) in [5, 5.41) is -0.491. The van der Waals surface area contributed by atoms with Gasteiger partial charge < -0.3 is 9.30 Å². The van der Waals surface area contributed by atoms with E-state index in [0.717, 1.165) is 15.1 Å². The van der Waals surface area contributed by atoms with Gasteiger partial charge in [0.15, 0.2) is 0 Å². The van der Waals surface area contributed by atoms with Crippen molar-refractivity contribution in [2.24, 2.45) is 0 Å². The second-order valence-electron chi connectivity index (χ2n) is 5.22. The predicted molar refractivity (Wildman–Crippen MR) is 84.1 cm³/mol. The van der Waals surface area contributed by atoms with Crippen molar-refractivity contribution in [3.8, 4) is 0 Å². The van der Waals surface area contributed by atoms with Gasteiger partial charge in [-0.1, -0.05) is 19.6 Å². The molecule has 1 aromatic heterocycles. The summed E-state index contributed by atoms with van der Waals surface area (Å²) >= 11 is 12.3. The Bertz CT molecular complexity index is 443. The Morgan fingerprint density at radius 1 is 1.44 bits per heavy atom. The van der Waals surface area contributed by atoms with Crippen LogP contribution in [0.1, 0.15) is 10.5 Å². The van der Waals surface area contributed by atoms with Crippen LogP contribution in [0.4, 0.5) is 0 Å². The third-order valence-electron chi connectivity index (χ3n) is 2.41. The maximum atomic E-state index is 11.3. The van der Waals surface area contributed by atoms with Gasteiger partial charge in [0.25, 0.3) is 5.24 Å². The van der Waals surface area contributed by atoms with E-state index in [2.05, 4.69) is 51.5 Å². The van der Waals surface area contributed by atoms with E-state index in [0.29, 0.717) is 19.0 Å². The maximum absolute atomic E-state index is 11.3. The number of hydrogen-bond acceptors (Lipinski definition) is 2. The molecule has 0 radical (unpaired) electrons. The first-order valence-corrected chi connectivity index (χ1v) is 11.2. The molecule has 3 nitrogen and oxygen atoms in total. The van der Waals surface area contributed by atoms with Crippen molar-refractivity contribution >= 4 is 56.8 Å². The Labute approximate surface area is 130 Å². The number of carbonyl (C=O) groups is 1. The molecule has 18 heavy (non-hydrogen) atoms. The minimum Gasteiger partial charge on any atom is -0.361 e. The zero-order chi connectivity index (χ0) is 13.9. The second-order valence-corrected chi connectivity index (χ2v) is 12.8. The van der Waals surface area contributed by atoms with Gasteiger partial charge in [0, 0.05) is 14.7 Å². The van der Waals surface area contributed by atoms with E-state index >= 15 is 0 Å². The van der Waals surface area contributed by atoms with Crippen LogP contribution in [0.5, 0.6) is 0 Å². The second kappa shape index (κ2) is 6.70. The molecule has 0 spiro atoms. The van der Waals surface area contributed by atoms with Crippen LogP contribution < -0.4 is 0 Å². The van der Waals surface area contributed by atoms with Crippen molar-refractivity contribution in [2.75, 3.05) is 6.61 Å². The van der Waals surface area contributed by atoms with E-state index in [9.17, 15) is 4.79 Å². The fraction of sp³-hybridized carbons (Fsp3) is 0.545. The van der Waals surface area contributed by atoms with Gasteiger partial charge in [0.2, 0.25) is 0 Å². The highest BCUT2D eigenvalue weighted by Crippen LogP contribution is 2.28. The Morgan fingerprint density at radius 3 is 2.56 bits per heavy atom. The van der Waals surface area contributed by atoms with Crippen LogP contribution in [0.2, 0.25) is 25.7 Å². The summed E-state index contributed by atoms with van der Waals surface area (Å²) in [6.45, 7) is 7.92. The fourth-order valence-corrected chi connectivity index (χ4v) is 3.07. The normalized spacial score (nSPS) is 11.9. The number of hydrogen-bond donors (Lipinski definition) is 0. The van der Waals surface area contributed by atoms with Crippen LogP contribution in [-0.2, 0) is 11.5 Å². The number of rotatable bonds is 6. The highest BCUT2D eigenvalue weighted by molar-refractivity contribution is 9.13. The van der Waals surface area contributed by atoms with Gasteiger partial charge in [-0.25, -0.2) is 0 Å². The SMILES string of the molecule is C[Si](C)(C)CCOCn1c(C(=O)Cl)cc(Br)c1Br. The summed E-state index contributed by atoms with van der Waals surface area (Å²) in [5.41, 5.74) is 0.420. The lowest BCUT2D eigenvalue weighted by molar-refractivity contribution is 0.0816. The molecule has 7 heteroatoms. The quantitative estimate of drug-likeness (QED) is 0.381. The molecule has 0 fully saturated rings. The van der Waals surface area contributed by atoms with Crippen LogP contribution >= 0.6 is 43.5 Å². The number of carbonyl (C=O) groups excluding carboxylic acids is 1. The molecule has 0 saturated heterocycles. The Hall–Kier alpha value is 0.377. The van der Waals surface area contributed by atoms with Crippen molar-refractivity contribution in [3.63, 3.8) is 0 Å². The number of halogens is 3. The molecule has 0 amide bonds. The Morgan fingerprint density at radius 2 is 2.06 bits per heavy atom. The highest BCUT2D eigenvalue weighted by Gasteiger charge is 2.17. The van der Waals surface area contributed by atoms with Gasteiger partial charge in [-0.15, -0.1) is 0 Å². The Kier molecular flexibility index (Phi) is 6.11. The van der Waals surface area contributed by atoms with Gasteiger partial charge in [-0.05, 0) is 55.6 Å². The fourth-order valence-electron chi connectivity index (χ4n) is 1.32.